The highest BCUT2D eigenvalue weighted by molar-refractivity contribution is 6.31. The Balaban J connectivity index is 2.19. The molecule has 0 radical (unpaired) electrons. The molecule has 1 heterocycles. The molecule has 5 nitrogen and oxygen atoms in total. The van der Waals surface area contributed by atoms with Gasteiger partial charge in [0.2, 0.25) is 11.8 Å². The predicted octanol–water partition coefficient (Wildman–Crippen LogP) is 3.07. The number of rotatable bonds is 5. The lowest BCUT2D eigenvalue weighted by Gasteiger charge is -2.12. The zero-order valence-electron chi connectivity index (χ0n) is 11.6. The lowest BCUT2D eigenvalue weighted by atomic mass is 10.2. The summed E-state index contributed by atoms with van der Waals surface area (Å²) < 4.78 is 10.4. The molecule has 0 atom stereocenters. The molecular weight excluding hydrogens is 278 g/mol. The highest BCUT2D eigenvalue weighted by atomic mass is 35.5. The summed E-state index contributed by atoms with van der Waals surface area (Å²) in [6, 6.07) is 7.29. The number of hydrogen-bond acceptors (Lipinski definition) is 5. The highest BCUT2D eigenvalue weighted by Crippen LogP contribution is 2.26. The van der Waals surface area contributed by atoms with E-state index in [0.29, 0.717) is 23.4 Å². The quantitative estimate of drug-likeness (QED) is 0.918. The monoisotopic (exact) mass is 293 g/mol. The molecule has 1 N–H and O–H groups in total. The van der Waals surface area contributed by atoms with Gasteiger partial charge in [0, 0.05) is 28.9 Å². The molecule has 6 heteroatoms. The van der Waals surface area contributed by atoms with Crippen LogP contribution in [0.25, 0.3) is 0 Å². The summed E-state index contributed by atoms with van der Waals surface area (Å²) in [5, 5.41) is 3.76. The van der Waals surface area contributed by atoms with Gasteiger partial charge in [0.05, 0.1) is 14.2 Å². The van der Waals surface area contributed by atoms with Crippen molar-refractivity contribution in [1.82, 2.24) is 9.97 Å². The van der Waals surface area contributed by atoms with Crippen molar-refractivity contribution in [2.24, 2.45) is 0 Å². The number of nitrogens with one attached hydrogen (secondary N) is 1. The molecule has 0 aliphatic carbocycles. The lowest BCUT2D eigenvalue weighted by molar-refractivity contribution is 0.397. The Morgan fingerprint density at radius 2 is 2.00 bits per heavy atom. The van der Waals surface area contributed by atoms with Crippen molar-refractivity contribution in [3.05, 3.63) is 40.5 Å². The molecule has 2 aromatic rings. The van der Waals surface area contributed by atoms with Crippen LogP contribution in [0.2, 0.25) is 5.02 Å². The summed E-state index contributed by atoms with van der Waals surface area (Å²) >= 11 is 6.18. The van der Waals surface area contributed by atoms with Gasteiger partial charge in [-0.2, -0.15) is 4.98 Å². The SMILES string of the molecule is COc1cc(C)nc(NCc2c(Cl)cccc2OC)n1. The molecule has 1 aromatic heterocycles. The first kappa shape index (κ1) is 14.4. The van der Waals surface area contributed by atoms with Gasteiger partial charge in [-0.25, -0.2) is 4.98 Å². The number of benzene rings is 1. The number of aromatic nitrogens is 2. The third-order valence-corrected chi connectivity index (χ3v) is 3.11. The zero-order chi connectivity index (χ0) is 14.5. The Kier molecular flexibility index (Phi) is 4.63. The lowest BCUT2D eigenvalue weighted by Crippen LogP contribution is -2.07. The number of methoxy groups -OCH3 is 2. The third-order valence-electron chi connectivity index (χ3n) is 2.76. The van der Waals surface area contributed by atoms with Gasteiger partial charge in [-0.1, -0.05) is 17.7 Å². The molecule has 20 heavy (non-hydrogen) atoms. The molecule has 1 aromatic carbocycles. The molecule has 0 saturated carbocycles. The van der Waals surface area contributed by atoms with Crippen molar-refractivity contribution in [2.45, 2.75) is 13.5 Å². The van der Waals surface area contributed by atoms with Gasteiger partial charge in [0.25, 0.3) is 0 Å². The van der Waals surface area contributed by atoms with Crippen LogP contribution >= 0.6 is 11.6 Å². The molecule has 106 valence electrons. The summed E-state index contributed by atoms with van der Waals surface area (Å²) in [6.45, 7) is 2.35. The molecule has 0 bridgehead atoms. The average Bonchev–Trinajstić information content (AvgIpc) is 2.45. The second kappa shape index (κ2) is 6.43. The van der Waals surface area contributed by atoms with Crippen LogP contribution in [0.5, 0.6) is 11.6 Å². The van der Waals surface area contributed by atoms with Crippen molar-refractivity contribution in [2.75, 3.05) is 19.5 Å². The van der Waals surface area contributed by atoms with E-state index < -0.39 is 0 Å². The van der Waals surface area contributed by atoms with Crippen molar-refractivity contribution in [3.8, 4) is 11.6 Å². The van der Waals surface area contributed by atoms with E-state index in [2.05, 4.69) is 15.3 Å². The fourth-order valence-corrected chi connectivity index (χ4v) is 2.03. The zero-order valence-corrected chi connectivity index (χ0v) is 12.4. The molecule has 0 saturated heterocycles. The van der Waals surface area contributed by atoms with Gasteiger partial charge in [-0.05, 0) is 19.1 Å². The number of halogens is 1. The number of nitrogens with zero attached hydrogens (tertiary/aromatic N) is 2. The molecule has 2 rings (SSSR count). The van der Waals surface area contributed by atoms with Crippen molar-refractivity contribution >= 4 is 17.5 Å². The van der Waals surface area contributed by atoms with E-state index >= 15 is 0 Å². The van der Waals surface area contributed by atoms with Crippen LogP contribution in [0.15, 0.2) is 24.3 Å². The van der Waals surface area contributed by atoms with E-state index in [1.807, 2.05) is 25.1 Å². The summed E-state index contributed by atoms with van der Waals surface area (Å²) in [4.78, 5) is 8.52. The predicted molar refractivity (Wildman–Crippen MR) is 78.7 cm³/mol. The highest BCUT2D eigenvalue weighted by Gasteiger charge is 2.09. The Labute approximate surface area is 122 Å². The number of anilines is 1. The molecule has 0 aliphatic heterocycles. The van der Waals surface area contributed by atoms with Crippen LogP contribution in [-0.2, 0) is 6.54 Å². The minimum Gasteiger partial charge on any atom is -0.496 e. The minimum absolute atomic E-state index is 0.468. The number of ether oxygens (including phenoxy) is 2. The van der Waals surface area contributed by atoms with E-state index in [0.717, 1.165) is 17.0 Å². The molecule has 0 unspecified atom stereocenters. The van der Waals surface area contributed by atoms with Crippen LogP contribution in [0.1, 0.15) is 11.3 Å². The average molecular weight is 294 g/mol. The Morgan fingerprint density at radius 3 is 2.70 bits per heavy atom. The Morgan fingerprint density at radius 1 is 1.20 bits per heavy atom. The van der Waals surface area contributed by atoms with E-state index in [4.69, 9.17) is 21.1 Å². The van der Waals surface area contributed by atoms with Crippen LogP contribution in [0, 0.1) is 6.92 Å². The summed E-state index contributed by atoms with van der Waals surface area (Å²) in [7, 11) is 3.18. The van der Waals surface area contributed by atoms with E-state index in [-0.39, 0.29) is 0 Å². The fourth-order valence-electron chi connectivity index (χ4n) is 1.79. The number of hydrogen-bond donors (Lipinski definition) is 1. The topological polar surface area (TPSA) is 56.3 Å². The number of aryl methyl sites for hydroxylation is 1. The van der Waals surface area contributed by atoms with E-state index in [1.165, 1.54) is 0 Å². The largest absolute Gasteiger partial charge is 0.496 e. The van der Waals surface area contributed by atoms with Crippen molar-refractivity contribution in [1.29, 1.82) is 0 Å². The van der Waals surface area contributed by atoms with Gasteiger partial charge in [0.15, 0.2) is 0 Å². The minimum atomic E-state index is 0.468. The van der Waals surface area contributed by atoms with Gasteiger partial charge in [0.1, 0.15) is 5.75 Å². The molecule has 0 aliphatic rings. The second-order valence-corrected chi connectivity index (χ2v) is 4.56. The molecule has 0 spiro atoms. The van der Waals surface area contributed by atoms with Gasteiger partial charge in [-0.3, -0.25) is 0 Å². The first-order chi connectivity index (χ1) is 9.63. The maximum absolute atomic E-state index is 6.18. The third kappa shape index (κ3) is 3.30. The molecular formula is C14H16ClN3O2. The maximum atomic E-state index is 6.18. The van der Waals surface area contributed by atoms with Crippen molar-refractivity contribution in [3.63, 3.8) is 0 Å². The van der Waals surface area contributed by atoms with E-state index in [9.17, 15) is 0 Å². The maximum Gasteiger partial charge on any atom is 0.226 e. The van der Waals surface area contributed by atoms with Gasteiger partial charge >= 0.3 is 0 Å². The van der Waals surface area contributed by atoms with Crippen LogP contribution < -0.4 is 14.8 Å². The standard InChI is InChI=1S/C14H16ClN3O2/c1-9-7-13(20-3)18-14(17-9)16-8-10-11(15)5-4-6-12(10)19-2/h4-7H,8H2,1-3H3,(H,16,17,18). The first-order valence-corrected chi connectivity index (χ1v) is 6.46. The normalized spacial score (nSPS) is 10.2. The Hall–Kier alpha value is -2.01. The van der Waals surface area contributed by atoms with Crippen LogP contribution in [0.3, 0.4) is 0 Å². The summed E-state index contributed by atoms with van der Waals surface area (Å²) in [5.41, 5.74) is 1.69. The summed E-state index contributed by atoms with van der Waals surface area (Å²) in [6.07, 6.45) is 0. The fraction of sp³-hybridized carbons (Fsp3) is 0.286. The van der Waals surface area contributed by atoms with Crippen LogP contribution in [0.4, 0.5) is 5.95 Å². The molecule has 0 fully saturated rings. The van der Waals surface area contributed by atoms with Crippen LogP contribution in [-0.4, -0.2) is 24.2 Å². The molecule has 0 amide bonds. The smallest absolute Gasteiger partial charge is 0.226 e. The van der Waals surface area contributed by atoms with Gasteiger partial charge < -0.3 is 14.8 Å². The second-order valence-electron chi connectivity index (χ2n) is 4.15. The van der Waals surface area contributed by atoms with Gasteiger partial charge in [-0.15, -0.1) is 0 Å². The van der Waals surface area contributed by atoms with E-state index in [1.54, 1.807) is 20.3 Å². The Bertz CT molecular complexity index is 605. The summed E-state index contributed by atoms with van der Waals surface area (Å²) in [5.74, 6) is 1.74. The first-order valence-electron chi connectivity index (χ1n) is 6.09. The van der Waals surface area contributed by atoms with Crippen molar-refractivity contribution < 1.29 is 9.47 Å².